The van der Waals surface area contributed by atoms with Crippen LogP contribution >= 0.6 is 7.82 Å². The number of hydrogen-bond acceptors (Lipinski definition) is 3. The van der Waals surface area contributed by atoms with E-state index < -0.39 is 13.4 Å². The van der Waals surface area contributed by atoms with Crippen molar-refractivity contribution in [1.29, 1.82) is 0 Å². The molecule has 0 aliphatic rings. The van der Waals surface area contributed by atoms with Crippen LogP contribution in [0.1, 0.15) is 67.7 Å². The van der Waals surface area contributed by atoms with Gasteiger partial charge < -0.3 is 4.89 Å². The van der Waals surface area contributed by atoms with Crippen molar-refractivity contribution >= 4 is 7.82 Å². The van der Waals surface area contributed by atoms with E-state index in [1.807, 2.05) is 13.8 Å². The second-order valence-corrected chi connectivity index (χ2v) is 9.11. The smallest absolute Gasteiger partial charge is 0.302 e. The third kappa shape index (κ3) is 8.09. The molecule has 4 nitrogen and oxygen atoms in total. The summed E-state index contributed by atoms with van der Waals surface area (Å²) in [6, 6.07) is 0. The maximum Gasteiger partial charge on any atom is 0.472 e. The van der Waals surface area contributed by atoms with E-state index in [0.717, 1.165) is 6.42 Å². The van der Waals surface area contributed by atoms with E-state index in [9.17, 15) is 9.46 Å². The van der Waals surface area contributed by atoms with Gasteiger partial charge in [0.25, 0.3) is 0 Å². The Morgan fingerprint density at radius 1 is 1.05 bits per heavy atom. The van der Waals surface area contributed by atoms with Gasteiger partial charge in [0, 0.05) is 7.11 Å². The van der Waals surface area contributed by atoms with Crippen molar-refractivity contribution in [2.45, 2.75) is 73.3 Å². The van der Waals surface area contributed by atoms with Crippen molar-refractivity contribution in [3.63, 3.8) is 0 Å². The van der Waals surface area contributed by atoms with Crippen molar-refractivity contribution in [2.24, 2.45) is 10.8 Å². The molecule has 0 amide bonds. The van der Waals surface area contributed by atoms with Crippen LogP contribution in [-0.2, 0) is 13.6 Å². The van der Waals surface area contributed by atoms with Crippen molar-refractivity contribution < 1.29 is 18.5 Å². The van der Waals surface area contributed by atoms with Crippen LogP contribution in [0.2, 0.25) is 0 Å². The van der Waals surface area contributed by atoms with Crippen LogP contribution in [0.4, 0.5) is 0 Å². The van der Waals surface area contributed by atoms with Crippen LogP contribution in [-0.4, -0.2) is 17.6 Å². The Morgan fingerprint density at radius 3 is 1.84 bits per heavy atom. The molecule has 0 rings (SSSR count). The van der Waals surface area contributed by atoms with Gasteiger partial charge in [-0.05, 0) is 37.0 Å². The highest BCUT2D eigenvalue weighted by Gasteiger charge is 2.39. The van der Waals surface area contributed by atoms with E-state index in [4.69, 9.17) is 4.52 Å². The molecule has 0 saturated heterocycles. The zero-order chi connectivity index (χ0) is 15.5. The zero-order valence-electron chi connectivity index (χ0n) is 13.7. The lowest BCUT2D eigenvalue weighted by Crippen LogP contribution is -2.35. The van der Waals surface area contributed by atoms with Crippen LogP contribution in [0.5, 0.6) is 0 Å². The molecule has 0 aromatic carbocycles. The van der Waals surface area contributed by atoms with Gasteiger partial charge in [-0.3, -0.25) is 9.05 Å². The van der Waals surface area contributed by atoms with Gasteiger partial charge in [-0.15, -0.1) is 0 Å². The highest BCUT2D eigenvalue weighted by Crippen LogP contribution is 2.51. The normalized spacial score (nSPS) is 19.8. The molecule has 1 N–H and O–H groups in total. The van der Waals surface area contributed by atoms with Crippen molar-refractivity contribution in [1.82, 2.24) is 0 Å². The lowest BCUT2D eigenvalue weighted by molar-refractivity contribution is -0.00411. The predicted molar refractivity (Wildman–Crippen MR) is 79.1 cm³/mol. The minimum atomic E-state index is -3.95. The Labute approximate surface area is 118 Å². The van der Waals surface area contributed by atoms with Crippen LogP contribution in [0.25, 0.3) is 0 Å². The van der Waals surface area contributed by atoms with E-state index in [1.54, 1.807) is 0 Å². The van der Waals surface area contributed by atoms with E-state index in [2.05, 4.69) is 39.1 Å². The molecule has 0 heterocycles. The van der Waals surface area contributed by atoms with Crippen molar-refractivity contribution in [2.75, 3.05) is 7.11 Å². The minimum absolute atomic E-state index is 0.0246. The van der Waals surface area contributed by atoms with Crippen molar-refractivity contribution in [3.8, 4) is 0 Å². The first-order chi connectivity index (χ1) is 8.24. The Hall–Kier alpha value is 0.110. The molecule has 5 heteroatoms. The largest absolute Gasteiger partial charge is 0.472 e. The van der Waals surface area contributed by atoms with Gasteiger partial charge in [0.2, 0.25) is 0 Å². The maximum atomic E-state index is 11.6. The van der Waals surface area contributed by atoms with Gasteiger partial charge in [-0.25, -0.2) is 4.57 Å². The van der Waals surface area contributed by atoms with Gasteiger partial charge in [-0.1, -0.05) is 41.5 Å². The van der Waals surface area contributed by atoms with Crippen LogP contribution in [0, 0.1) is 10.8 Å². The summed E-state index contributed by atoms with van der Waals surface area (Å²) in [5.41, 5.74) is -0.423. The topological polar surface area (TPSA) is 55.8 Å². The molecular weight excluding hydrogens is 263 g/mol. The van der Waals surface area contributed by atoms with Gasteiger partial charge >= 0.3 is 7.82 Å². The number of phosphoric acid groups is 1. The Kier molecular flexibility index (Phi) is 6.29. The lowest BCUT2D eigenvalue weighted by Gasteiger charge is -2.40. The Bertz CT molecular complexity index is 333. The van der Waals surface area contributed by atoms with Crippen molar-refractivity contribution in [3.05, 3.63) is 0 Å². The van der Waals surface area contributed by atoms with E-state index >= 15 is 0 Å². The molecule has 19 heavy (non-hydrogen) atoms. The summed E-state index contributed by atoms with van der Waals surface area (Å²) < 4.78 is 21.5. The standard InChI is InChI=1S/C14H31O4P/c1-9-14(7,18-19(15,16)17-8)11-13(5,6)10-12(2,3)4/h9-11H2,1-8H3,(H,15,16). The molecule has 0 aromatic heterocycles. The first-order valence-corrected chi connectivity index (χ1v) is 8.33. The van der Waals surface area contributed by atoms with E-state index in [0.29, 0.717) is 12.8 Å². The number of phosphoric ester groups is 1. The molecular formula is C14H31O4P. The molecule has 0 fully saturated rings. The fraction of sp³-hybridized carbons (Fsp3) is 1.00. The van der Waals surface area contributed by atoms with Gasteiger partial charge in [-0.2, -0.15) is 0 Å². The lowest BCUT2D eigenvalue weighted by atomic mass is 9.70. The van der Waals surface area contributed by atoms with E-state index in [-0.39, 0.29) is 10.8 Å². The molecule has 0 aromatic rings. The SMILES string of the molecule is CCC(C)(CC(C)(C)CC(C)(C)C)OP(=O)(O)OC. The van der Waals surface area contributed by atoms with Crippen LogP contribution < -0.4 is 0 Å². The molecule has 0 aliphatic carbocycles. The second-order valence-electron chi connectivity index (χ2n) is 7.62. The fourth-order valence-electron chi connectivity index (χ4n) is 3.05. The average molecular weight is 294 g/mol. The Balaban J connectivity index is 4.92. The molecule has 2 atom stereocenters. The fourth-order valence-corrected chi connectivity index (χ4v) is 3.87. The summed E-state index contributed by atoms with van der Waals surface area (Å²) in [4.78, 5) is 9.53. The maximum absolute atomic E-state index is 11.6. The van der Waals surface area contributed by atoms with Crippen LogP contribution in [0.3, 0.4) is 0 Å². The Morgan fingerprint density at radius 2 is 1.53 bits per heavy atom. The number of hydrogen-bond donors (Lipinski definition) is 1. The monoisotopic (exact) mass is 294 g/mol. The van der Waals surface area contributed by atoms with Crippen LogP contribution in [0.15, 0.2) is 0 Å². The molecule has 116 valence electrons. The highest BCUT2D eigenvalue weighted by atomic mass is 31.2. The molecule has 0 aliphatic heterocycles. The highest BCUT2D eigenvalue weighted by molar-refractivity contribution is 7.47. The summed E-state index contributed by atoms with van der Waals surface area (Å²) in [5.74, 6) is 0. The van der Waals surface area contributed by atoms with Gasteiger partial charge in [0.15, 0.2) is 0 Å². The molecule has 2 unspecified atom stereocenters. The molecule has 0 spiro atoms. The molecule has 0 radical (unpaired) electrons. The first-order valence-electron chi connectivity index (χ1n) is 6.83. The summed E-state index contributed by atoms with van der Waals surface area (Å²) >= 11 is 0. The molecule has 0 bridgehead atoms. The van der Waals surface area contributed by atoms with Gasteiger partial charge in [0.05, 0.1) is 5.60 Å². The zero-order valence-corrected chi connectivity index (χ0v) is 14.6. The summed E-state index contributed by atoms with van der Waals surface area (Å²) in [7, 11) is -2.76. The van der Waals surface area contributed by atoms with E-state index in [1.165, 1.54) is 7.11 Å². The summed E-state index contributed by atoms with van der Waals surface area (Å²) in [5, 5.41) is 0. The molecule has 0 saturated carbocycles. The average Bonchev–Trinajstić information content (AvgIpc) is 2.11. The third-order valence-electron chi connectivity index (χ3n) is 3.18. The quantitative estimate of drug-likeness (QED) is 0.687. The summed E-state index contributed by atoms with van der Waals surface area (Å²) in [6.45, 7) is 14.8. The third-order valence-corrected chi connectivity index (χ3v) is 4.31. The van der Waals surface area contributed by atoms with Gasteiger partial charge in [0.1, 0.15) is 0 Å². The minimum Gasteiger partial charge on any atom is -0.302 e. The first kappa shape index (κ1) is 19.1. The predicted octanol–water partition coefficient (Wildman–Crippen LogP) is 4.77. The summed E-state index contributed by atoms with van der Waals surface area (Å²) in [6.07, 6.45) is 2.39. The second kappa shape index (κ2) is 6.26. The number of rotatable bonds is 7.